The summed E-state index contributed by atoms with van der Waals surface area (Å²) in [6.45, 7) is 5.90. The monoisotopic (exact) mass is 302 g/mol. The first-order chi connectivity index (χ1) is 9.94. The zero-order chi connectivity index (χ0) is 15.4. The Morgan fingerprint density at radius 2 is 1.71 bits per heavy atom. The molecule has 0 aromatic heterocycles. The normalized spacial score (nSPS) is 11.8. The summed E-state index contributed by atoms with van der Waals surface area (Å²) in [5.41, 5.74) is 3.97. The molecule has 2 aromatic rings. The molecule has 0 saturated heterocycles. The minimum Gasteiger partial charge on any atom is -0.374 e. The zero-order valence-electron chi connectivity index (χ0n) is 12.4. The second kappa shape index (κ2) is 6.64. The fourth-order valence-electron chi connectivity index (χ4n) is 2.19. The van der Waals surface area contributed by atoms with E-state index in [4.69, 9.17) is 11.6 Å². The van der Waals surface area contributed by atoms with Gasteiger partial charge >= 0.3 is 0 Å². The molecule has 110 valence electrons. The average molecular weight is 303 g/mol. The van der Waals surface area contributed by atoms with Gasteiger partial charge in [0.15, 0.2) is 0 Å². The lowest BCUT2D eigenvalue weighted by Crippen LogP contribution is -2.31. The van der Waals surface area contributed by atoms with Gasteiger partial charge in [-0.25, -0.2) is 0 Å². The van der Waals surface area contributed by atoms with E-state index in [0.29, 0.717) is 10.7 Å². The van der Waals surface area contributed by atoms with Crippen LogP contribution < -0.4 is 10.6 Å². The topological polar surface area (TPSA) is 41.1 Å². The molecule has 3 nitrogen and oxygen atoms in total. The van der Waals surface area contributed by atoms with Crippen LogP contribution in [-0.4, -0.2) is 11.9 Å². The summed E-state index contributed by atoms with van der Waals surface area (Å²) < 4.78 is 0. The highest BCUT2D eigenvalue weighted by Gasteiger charge is 2.13. The number of nitrogens with one attached hydrogen (secondary N) is 2. The number of amides is 1. The first kappa shape index (κ1) is 15.4. The van der Waals surface area contributed by atoms with E-state index in [-0.39, 0.29) is 11.9 Å². The van der Waals surface area contributed by atoms with Crippen molar-refractivity contribution in [2.75, 3.05) is 10.6 Å². The second-order valence-corrected chi connectivity index (χ2v) is 5.68. The van der Waals surface area contributed by atoms with Crippen LogP contribution in [0.3, 0.4) is 0 Å². The summed E-state index contributed by atoms with van der Waals surface area (Å²) in [6.07, 6.45) is 0. The Hall–Kier alpha value is -2.00. The van der Waals surface area contributed by atoms with Gasteiger partial charge in [0.05, 0.1) is 0 Å². The summed E-state index contributed by atoms with van der Waals surface area (Å²) in [5, 5.41) is 6.66. The van der Waals surface area contributed by atoms with Crippen molar-refractivity contribution in [1.82, 2.24) is 0 Å². The number of anilines is 2. The molecule has 0 aliphatic carbocycles. The summed E-state index contributed by atoms with van der Waals surface area (Å²) in [4.78, 5) is 12.2. The van der Waals surface area contributed by atoms with E-state index in [9.17, 15) is 4.79 Å². The van der Waals surface area contributed by atoms with Crippen molar-refractivity contribution in [2.45, 2.75) is 26.8 Å². The summed E-state index contributed by atoms with van der Waals surface area (Å²) in [6, 6.07) is 12.9. The van der Waals surface area contributed by atoms with Crippen LogP contribution in [0.2, 0.25) is 5.02 Å². The lowest BCUT2D eigenvalue weighted by molar-refractivity contribution is -0.116. The molecule has 0 radical (unpaired) electrons. The molecular weight excluding hydrogens is 284 g/mol. The van der Waals surface area contributed by atoms with Crippen LogP contribution in [0.1, 0.15) is 18.1 Å². The molecule has 4 heteroatoms. The molecule has 0 aliphatic rings. The summed E-state index contributed by atoms with van der Waals surface area (Å²) in [7, 11) is 0. The van der Waals surface area contributed by atoms with E-state index < -0.39 is 0 Å². The van der Waals surface area contributed by atoms with Gasteiger partial charge in [-0.2, -0.15) is 0 Å². The predicted octanol–water partition coefficient (Wildman–Crippen LogP) is 4.40. The number of benzene rings is 2. The second-order valence-electron chi connectivity index (χ2n) is 5.24. The molecule has 0 unspecified atom stereocenters. The molecule has 1 amide bonds. The van der Waals surface area contributed by atoms with Crippen LogP contribution in [0.25, 0.3) is 0 Å². The Morgan fingerprint density at radius 3 is 2.33 bits per heavy atom. The van der Waals surface area contributed by atoms with E-state index in [2.05, 4.69) is 16.7 Å². The molecule has 0 fully saturated rings. The van der Waals surface area contributed by atoms with Crippen LogP contribution in [0.15, 0.2) is 42.5 Å². The van der Waals surface area contributed by atoms with Crippen LogP contribution in [0.4, 0.5) is 11.4 Å². The molecule has 0 spiro atoms. The fraction of sp³-hybridized carbons (Fsp3) is 0.235. The molecule has 0 aliphatic heterocycles. The first-order valence-electron chi connectivity index (χ1n) is 6.85. The number of carbonyl (C=O) groups is 1. The molecule has 0 saturated carbocycles. The predicted molar refractivity (Wildman–Crippen MR) is 89.1 cm³/mol. The zero-order valence-corrected chi connectivity index (χ0v) is 13.2. The van der Waals surface area contributed by atoms with Gasteiger partial charge < -0.3 is 10.6 Å². The molecular formula is C17H19ClN2O. The van der Waals surface area contributed by atoms with Gasteiger partial charge in [0, 0.05) is 16.4 Å². The standard InChI is InChI=1S/C17H19ClN2O/c1-11-7-12(2)9-16(8-11)19-13(3)17(21)20-15-6-4-5-14(18)10-15/h4-10,13,19H,1-3H3,(H,20,21)/t13-/m1/s1. The third kappa shape index (κ3) is 4.50. The van der Waals surface area contributed by atoms with Gasteiger partial charge in [-0.15, -0.1) is 0 Å². The average Bonchev–Trinajstić information content (AvgIpc) is 2.37. The third-order valence-electron chi connectivity index (χ3n) is 3.09. The Bertz CT molecular complexity index is 635. The largest absolute Gasteiger partial charge is 0.374 e. The smallest absolute Gasteiger partial charge is 0.246 e. The van der Waals surface area contributed by atoms with Crippen LogP contribution in [0, 0.1) is 13.8 Å². The number of hydrogen-bond donors (Lipinski definition) is 2. The third-order valence-corrected chi connectivity index (χ3v) is 3.33. The highest BCUT2D eigenvalue weighted by molar-refractivity contribution is 6.30. The van der Waals surface area contributed by atoms with E-state index in [1.54, 1.807) is 18.2 Å². The lowest BCUT2D eigenvalue weighted by atomic mass is 10.1. The maximum absolute atomic E-state index is 12.2. The molecule has 2 rings (SSSR count). The Balaban J connectivity index is 2.02. The fourth-order valence-corrected chi connectivity index (χ4v) is 2.38. The highest BCUT2D eigenvalue weighted by atomic mass is 35.5. The van der Waals surface area contributed by atoms with Crippen molar-refractivity contribution < 1.29 is 4.79 Å². The molecule has 21 heavy (non-hydrogen) atoms. The van der Waals surface area contributed by atoms with Crippen molar-refractivity contribution in [3.8, 4) is 0 Å². The maximum Gasteiger partial charge on any atom is 0.246 e. The number of hydrogen-bond acceptors (Lipinski definition) is 2. The van der Waals surface area contributed by atoms with Crippen molar-refractivity contribution in [3.05, 3.63) is 58.6 Å². The highest BCUT2D eigenvalue weighted by Crippen LogP contribution is 2.17. The Morgan fingerprint density at radius 1 is 1.05 bits per heavy atom. The number of aryl methyl sites for hydroxylation is 2. The van der Waals surface area contributed by atoms with Gasteiger partial charge in [0.1, 0.15) is 6.04 Å². The minimum atomic E-state index is -0.342. The van der Waals surface area contributed by atoms with Crippen LogP contribution >= 0.6 is 11.6 Å². The van der Waals surface area contributed by atoms with E-state index >= 15 is 0 Å². The van der Waals surface area contributed by atoms with Crippen molar-refractivity contribution in [2.24, 2.45) is 0 Å². The number of halogens is 1. The first-order valence-corrected chi connectivity index (χ1v) is 7.23. The van der Waals surface area contributed by atoms with E-state index in [1.807, 2.05) is 39.0 Å². The molecule has 1 atom stereocenters. The van der Waals surface area contributed by atoms with Crippen molar-refractivity contribution >= 4 is 28.9 Å². The molecule has 2 aromatic carbocycles. The van der Waals surface area contributed by atoms with Crippen molar-refractivity contribution in [3.63, 3.8) is 0 Å². The maximum atomic E-state index is 12.2. The molecule has 0 bridgehead atoms. The van der Waals surface area contributed by atoms with Crippen molar-refractivity contribution in [1.29, 1.82) is 0 Å². The molecule has 0 heterocycles. The van der Waals surface area contributed by atoms with Crippen LogP contribution in [-0.2, 0) is 4.79 Å². The summed E-state index contributed by atoms with van der Waals surface area (Å²) in [5.74, 6) is -0.101. The van der Waals surface area contributed by atoms with Gasteiger partial charge in [-0.05, 0) is 62.2 Å². The van der Waals surface area contributed by atoms with Crippen LogP contribution in [0.5, 0.6) is 0 Å². The lowest BCUT2D eigenvalue weighted by Gasteiger charge is -2.16. The summed E-state index contributed by atoms with van der Waals surface area (Å²) >= 11 is 5.91. The Kier molecular flexibility index (Phi) is 4.86. The van der Waals surface area contributed by atoms with Gasteiger partial charge in [-0.3, -0.25) is 4.79 Å². The number of rotatable bonds is 4. The van der Waals surface area contributed by atoms with Gasteiger partial charge in [-0.1, -0.05) is 23.7 Å². The quantitative estimate of drug-likeness (QED) is 0.879. The molecule has 2 N–H and O–H groups in total. The minimum absolute atomic E-state index is 0.101. The number of carbonyl (C=O) groups excluding carboxylic acids is 1. The Labute approximate surface area is 130 Å². The van der Waals surface area contributed by atoms with Gasteiger partial charge in [0.25, 0.3) is 0 Å². The van der Waals surface area contributed by atoms with E-state index in [1.165, 1.54) is 11.1 Å². The van der Waals surface area contributed by atoms with E-state index in [0.717, 1.165) is 5.69 Å². The SMILES string of the molecule is Cc1cc(C)cc(N[C@H](C)C(=O)Nc2cccc(Cl)c2)c1. The van der Waals surface area contributed by atoms with Gasteiger partial charge in [0.2, 0.25) is 5.91 Å².